The van der Waals surface area contributed by atoms with Crippen molar-refractivity contribution in [1.29, 1.82) is 0 Å². The van der Waals surface area contributed by atoms with Crippen LogP contribution in [0.25, 0.3) is 11.3 Å². The van der Waals surface area contributed by atoms with Gasteiger partial charge in [0.25, 0.3) is 11.5 Å². The van der Waals surface area contributed by atoms with Crippen LogP contribution in [0, 0.1) is 0 Å². The Kier molecular flexibility index (Phi) is 5.63. The first-order valence-corrected chi connectivity index (χ1v) is 9.47. The second kappa shape index (κ2) is 8.10. The van der Waals surface area contributed by atoms with Crippen molar-refractivity contribution in [1.82, 2.24) is 9.55 Å². The summed E-state index contributed by atoms with van der Waals surface area (Å²) in [4.78, 5) is 28.4. The van der Waals surface area contributed by atoms with E-state index in [4.69, 9.17) is 0 Å². The van der Waals surface area contributed by atoms with E-state index in [9.17, 15) is 9.59 Å². The van der Waals surface area contributed by atoms with Gasteiger partial charge in [-0.2, -0.15) is 0 Å². The van der Waals surface area contributed by atoms with Crippen molar-refractivity contribution in [3.8, 4) is 11.3 Å². The van der Waals surface area contributed by atoms with Crippen LogP contribution >= 0.6 is 11.3 Å². The molecule has 0 aliphatic carbocycles. The number of nitrogens with one attached hydrogen (secondary N) is 1. The summed E-state index contributed by atoms with van der Waals surface area (Å²) in [6.45, 7) is 2.19. The molecule has 6 heteroatoms. The number of anilines is 1. The molecule has 5 nitrogen and oxygen atoms in total. The van der Waals surface area contributed by atoms with E-state index in [1.165, 1.54) is 40.4 Å². The average molecular weight is 367 g/mol. The predicted molar refractivity (Wildman–Crippen MR) is 106 cm³/mol. The maximum atomic E-state index is 12.3. The van der Waals surface area contributed by atoms with Gasteiger partial charge in [0.05, 0.1) is 5.69 Å². The number of nitrogens with zero attached hydrogens (tertiary/aromatic N) is 2. The molecule has 2 heterocycles. The molecule has 0 atom stereocenters. The van der Waals surface area contributed by atoms with E-state index < -0.39 is 0 Å². The van der Waals surface area contributed by atoms with Gasteiger partial charge in [0.15, 0.2) is 5.13 Å². The Hall–Kier alpha value is -2.73. The molecule has 0 fully saturated rings. The van der Waals surface area contributed by atoms with E-state index in [2.05, 4.69) is 41.5 Å². The molecule has 26 heavy (non-hydrogen) atoms. The van der Waals surface area contributed by atoms with Crippen LogP contribution in [0.15, 0.2) is 52.8 Å². The van der Waals surface area contributed by atoms with Gasteiger partial charge < -0.3 is 4.57 Å². The monoisotopic (exact) mass is 367 g/mol. The molecule has 3 aromatic rings. The molecule has 0 aliphatic heterocycles. The van der Waals surface area contributed by atoms with Gasteiger partial charge in [-0.1, -0.05) is 37.6 Å². The maximum absolute atomic E-state index is 12.3. The Morgan fingerprint density at radius 3 is 2.69 bits per heavy atom. The molecule has 0 saturated heterocycles. The van der Waals surface area contributed by atoms with Crippen molar-refractivity contribution in [3.63, 3.8) is 0 Å². The highest BCUT2D eigenvalue weighted by atomic mass is 32.1. The highest BCUT2D eigenvalue weighted by Crippen LogP contribution is 2.25. The normalized spacial score (nSPS) is 10.7. The highest BCUT2D eigenvalue weighted by molar-refractivity contribution is 7.14. The maximum Gasteiger partial charge on any atom is 0.257 e. The van der Waals surface area contributed by atoms with E-state index >= 15 is 0 Å². The van der Waals surface area contributed by atoms with Crippen LogP contribution in [0.5, 0.6) is 0 Å². The topological polar surface area (TPSA) is 64.0 Å². The first-order valence-electron chi connectivity index (χ1n) is 8.59. The standard InChI is InChI=1S/C20H21N3O2S/c1-3-4-5-14-6-8-15(9-7-14)17-13-26-20(21-17)22-19(25)16-10-11-23(2)18(24)12-16/h6-13H,3-5H2,1-2H3,(H,21,22,25). The lowest BCUT2D eigenvalue weighted by Crippen LogP contribution is -2.19. The molecule has 1 amide bonds. The minimum Gasteiger partial charge on any atom is -0.319 e. The van der Waals surface area contributed by atoms with Crippen molar-refractivity contribution in [2.24, 2.45) is 7.05 Å². The molecule has 1 aromatic carbocycles. The number of carbonyl (C=O) groups is 1. The SMILES string of the molecule is CCCCc1ccc(-c2csc(NC(=O)c3ccn(C)c(=O)c3)n2)cc1. The predicted octanol–water partition coefficient (Wildman–Crippen LogP) is 4.10. The van der Waals surface area contributed by atoms with Crippen LogP contribution in [0.2, 0.25) is 0 Å². The summed E-state index contributed by atoms with van der Waals surface area (Å²) >= 11 is 1.37. The molecule has 2 aromatic heterocycles. The van der Waals surface area contributed by atoms with Gasteiger partial charge in [-0.05, 0) is 24.5 Å². The zero-order chi connectivity index (χ0) is 18.5. The largest absolute Gasteiger partial charge is 0.319 e. The number of rotatable bonds is 6. The lowest BCUT2D eigenvalue weighted by atomic mass is 10.1. The van der Waals surface area contributed by atoms with Gasteiger partial charge in [-0.3, -0.25) is 14.9 Å². The number of pyridine rings is 1. The molecule has 3 rings (SSSR count). The number of benzene rings is 1. The summed E-state index contributed by atoms with van der Waals surface area (Å²) in [6, 6.07) is 11.3. The van der Waals surface area contributed by atoms with E-state index in [-0.39, 0.29) is 11.5 Å². The fourth-order valence-electron chi connectivity index (χ4n) is 2.55. The summed E-state index contributed by atoms with van der Waals surface area (Å²) < 4.78 is 1.42. The molecular formula is C20H21N3O2S. The van der Waals surface area contributed by atoms with Gasteiger partial charge in [0.2, 0.25) is 0 Å². The van der Waals surface area contributed by atoms with Crippen LogP contribution in [0.3, 0.4) is 0 Å². The van der Waals surface area contributed by atoms with Crippen LogP contribution in [-0.2, 0) is 13.5 Å². The average Bonchev–Trinajstić information content (AvgIpc) is 3.11. The lowest BCUT2D eigenvalue weighted by molar-refractivity contribution is 0.102. The Morgan fingerprint density at radius 2 is 2.00 bits per heavy atom. The highest BCUT2D eigenvalue weighted by Gasteiger charge is 2.11. The van der Waals surface area contributed by atoms with Gasteiger partial charge >= 0.3 is 0 Å². The molecular weight excluding hydrogens is 346 g/mol. The summed E-state index contributed by atoms with van der Waals surface area (Å²) in [7, 11) is 1.64. The number of aromatic nitrogens is 2. The van der Waals surface area contributed by atoms with Crippen molar-refractivity contribution < 1.29 is 4.79 Å². The number of thiazole rings is 1. The summed E-state index contributed by atoms with van der Waals surface area (Å²) in [6.07, 6.45) is 5.04. The molecule has 134 valence electrons. The van der Waals surface area contributed by atoms with E-state index in [0.29, 0.717) is 10.7 Å². The third-order valence-electron chi connectivity index (χ3n) is 4.16. The lowest BCUT2D eigenvalue weighted by Gasteiger charge is -2.03. The Labute approximate surface area is 156 Å². The molecule has 0 saturated carbocycles. The minimum absolute atomic E-state index is 0.222. The van der Waals surface area contributed by atoms with Crippen LogP contribution in [-0.4, -0.2) is 15.5 Å². The number of aryl methyl sites for hydroxylation is 2. The smallest absolute Gasteiger partial charge is 0.257 e. The molecule has 0 bridgehead atoms. The van der Waals surface area contributed by atoms with Crippen molar-refractivity contribution in [2.45, 2.75) is 26.2 Å². The van der Waals surface area contributed by atoms with Crippen LogP contribution in [0.1, 0.15) is 35.7 Å². The van der Waals surface area contributed by atoms with Gasteiger partial charge in [0, 0.05) is 35.8 Å². The Balaban J connectivity index is 1.70. The number of hydrogen-bond acceptors (Lipinski definition) is 4. The number of unbranched alkanes of at least 4 members (excludes halogenated alkanes) is 1. The first kappa shape index (κ1) is 18.1. The fraction of sp³-hybridized carbons (Fsp3) is 0.250. The quantitative estimate of drug-likeness (QED) is 0.713. The van der Waals surface area contributed by atoms with E-state index in [1.807, 2.05) is 5.38 Å². The Morgan fingerprint density at radius 1 is 1.23 bits per heavy atom. The molecule has 0 aliphatic rings. The minimum atomic E-state index is -0.335. The van der Waals surface area contributed by atoms with Gasteiger partial charge in [-0.25, -0.2) is 4.98 Å². The van der Waals surface area contributed by atoms with Crippen LogP contribution in [0.4, 0.5) is 5.13 Å². The zero-order valence-electron chi connectivity index (χ0n) is 14.9. The number of carbonyl (C=O) groups excluding carboxylic acids is 1. The number of hydrogen-bond donors (Lipinski definition) is 1. The summed E-state index contributed by atoms with van der Waals surface area (Å²) in [5, 5.41) is 5.19. The van der Waals surface area contributed by atoms with Gasteiger partial charge in [-0.15, -0.1) is 11.3 Å². The van der Waals surface area contributed by atoms with Crippen molar-refractivity contribution in [3.05, 3.63) is 69.5 Å². The third kappa shape index (κ3) is 4.26. The molecule has 0 radical (unpaired) electrons. The first-order chi connectivity index (χ1) is 12.6. The molecule has 1 N–H and O–H groups in total. The van der Waals surface area contributed by atoms with Crippen molar-refractivity contribution in [2.75, 3.05) is 5.32 Å². The van der Waals surface area contributed by atoms with Crippen LogP contribution < -0.4 is 10.9 Å². The Bertz CT molecular complexity index is 958. The fourth-order valence-corrected chi connectivity index (χ4v) is 3.26. The summed E-state index contributed by atoms with van der Waals surface area (Å²) in [5.74, 6) is -0.335. The second-order valence-corrected chi connectivity index (χ2v) is 7.02. The number of amides is 1. The van der Waals surface area contributed by atoms with Gasteiger partial charge in [0.1, 0.15) is 0 Å². The van der Waals surface area contributed by atoms with Crippen molar-refractivity contribution >= 4 is 22.4 Å². The van der Waals surface area contributed by atoms with E-state index in [0.717, 1.165) is 17.7 Å². The molecule has 0 unspecified atom stereocenters. The second-order valence-electron chi connectivity index (χ2n) is 6.16. The summed E-state index contributed by atoms with van der Waals surface area (Å²) in [5.41, 5.74) is 3.28. The van der Waals surface area contributed by atoms with E-state index in [1.54, 1.807) is 19.3 Å². The molecule has 0 spiro atoms. The third-order valence-corrected chi connectivity index (χ3v) is 4.92. The zero-order valence-corrected chi connectivity index (χ0v) is 15.7.